The number of carbonyl (C=O) groups excluding carboxylic acids is 2. The van der Waals surface area contributed by atoms with Crippen LogP contribution < -0.4 is 15.4 Å². The molecule has 0 radical (unpaired) electrons. The molecule has 5 heteroatoms. The van der Waals surface area contributed by atoms with Gasteiger partial charge in [0, 0.05) is 12.5 Å². The molecule has 2 N–H and O–H groups in total. The maximum atomic E-state index is 12.8. The lowest BCUT2D eigenvalue weighted by Gasteiger charge is -2.36. The predicted molar refractivity (Wildman–Crippen MR) is 96.5 cm³/mol. The second-order valence-electron chi connectivity index (χ2n) is 7.22. The van der Waals surface area contributed by atoms with Crippen molar-refractivity contribution in [3.8, 4) is 5.75 Å². The highest BCUT2D eigenvalue weighted by atomic mass is 16.5. The predicted octanol–water partition coefficient (Wildman–Crippen LogP) is 2.75. The lowest BCUT2D eigenvalue weighted by Crippen LogP contribution is -2.60. The van der Waals surface area contributed by atoms with Crippen molar-refractivity contribution in [1.29, 1.82) is 0 Å². The van der Waals surface area contributed by atoms with Gasteiger partial charge in [-0.15, -0.1) is 0 Å². The summed E-state index contributed by atoms with van der Waals surface area (Å²) in [5.74, 6) is 0.988. The van der Waals surface area contributed by atoms with E-state index in [2.05, 4.69) is 10.6 Å². The Hall–Kier alpha value is -2.04. The van der Waals surface area contributed by atoms with E-state index >= 15 is 0 Å². The van der Waals surface area contributed by atoms with Crippen LogP contribution in [0.4, 0.5) is 0 Å². The zero-order valence-electron chi connectivity index (χ0n) is 15.1. The first-order valence-electron chi connectivity index (χ1n) is 9.34. The van der Waals surface area contributed by atoms with Crippen LogP contribution in [-0.2, 0) is 9.59 Å². The Labute approximate surface area is 149 Å². The van der Waals surface area contributed by atoms with Gasteiger partial charge < -0.3 is 15.4 Å². The summed E-state index contributed by atoms with van der Waals surface area (Å²) in [5, 5.41) is 6.03. The van der Waals surface area contributed by atoms with Crippen molar-refractivity contribution >= 4 is 11.8 Å². The number of methoxy groups -OCH3 is 1. The van der Waals surface area contributed by atoms with Gasteiger partial charge in [-0.2, -0.15) is 0 Å². The fraction of sp³-hybridized carbons (Fsp3) is 0.600. The van der Waals surface area contributed by atoms with Crippen LogP contribution in [-0.4, -0.2) is 31.0 Å². The molecule has 2 saturated carbocycles. The molecule has 0 aliphatic heterocycles. The van der Waals surface area contributed by atoms with Gasteiger partial charge >= 0.3 is 0 Å². The minimum absolute atomic E-state index is 0.0148. The molecular weight excluding hydrogens is 316 g/mol. The maximum Gasteiger partial charge on any atom is 0.245 e. The number of amides is 2. The molecule has 136 valence electrons. The Morgan fingerprint density at radius 2 is 2.00 bits per heavy atom. The number of rotatable bonds is 6. The average Bonchev–Trinajstić information content (AvgIpc) is 3.44. The molecule has 1 aromatic carbocycles. The first kappa shape index (κ1) is 17.8. The monoisotopic (exact) mass is 344 g/mol. The van der Waals surface area contributed by atoms with Crippen LogP contribution >= 0.6 is 0 Å². The van der Waals surface area contributed by atoms with Crippen LogP contribution in [0.15, 0.2) is 24.3 Å². The third-order valence-electron chi connectivity index (χ3n) is 5.49. The molecule has 25 heavy (non-hydrogen) atoms. The highest BCUT2D eigenvalue weighted by Crippen LogP contribution is 2.48. The second-order valence-corrected chi connectivity index (χ2v) is 7.22. The molecule has 0 unspecified atom stereocenters. The van der Waals surface area contributed by atoms with Crippen molar-refractivity contribution in [1.82, 2.24) is 10.6 Å². The van der Waals surface area contributed by atoms with Gasteiger partial charge in [0.25, 0.3) is 0 Å². The quantitative estimate of drug-likeness (QED) is 0.834. The molecule has 2 aliphatic rings. The van der Waals surface area contributed by atoms with E-state index in [-0.39, 0.29) is 23.7 Å². The van der Waals surface area contributed by atoms with Gasteiger partial charge in [0.2, 0.25) is 11.8 Å². The summed E-state index contributed by atoms with van der Waals surface area (Å²) < 4.78 is 5.27. The Balaban J connectivity index is 1.67. The van der Waals surface area contributed by atoms with Gasteiger partial charge in [-0.25, -0.2) is 0 Å². The summed E-state index contributed by atoms with van der Waals surface area (Å²) in [6, 6.07) is 7.91. The Bertz CT molecular complexity index is 638. The molecule has 2 aliphatic carbocycles. The first-order valence-corrected chi connectivity index (χ1v) is 9.34. The number of likely N-dealkylation sites (N-methyl/N-ethyl adjacent to an activating group) is 1. The van der Waals surface area contributed by atoms with Crippen LogP contribution in [0.2, 0.25) is 0 Å². The van der Waals surface area contributed by atoms with Crippen LogP contribution in [0.5, 0.6) is 5.75 Å². The summed E-state index contributed by atoms with van der Waals surface area (Å²) in [6.07, 6.45) is 5.42. The van der Waals surface area contributed by atoms with E-state index in [1.807, 2.05) is 31.2 Å². The third kappa shape index (κ3) is 3.80. The minimum atomic E-state index is -0.715. The van der Waals surface area contributed by atoms with Gasteiger partial charge in [-0.3, -0.25) is 9.59 Å². The largest absolute Gasteiger partial charge is 0.497 e. The van der Waals surface area contributed by atoms with Crippen molar-refractivity contribution in [3.63, 3.8) is 0 Å². The standard InChI is InChI=1S/C20H28N2O3/c1-3-21-19(24)20(10-5-4-6-11-20)22-18(23)17-13-16(17)14-8-7-9-15(12-14)25-2/h7-9,12,16-17H,3-6,10-11,13H2,1-2H3,(H,21,24)(H,22,23)/t16-,17+/m0/s1. The molecule has 0 aromatic heterocycles. The van der Waals surface area contributed by atoms with Gasteiger partial charge in [0.05, 0.1) is 7.11 Å². The summed E-state index contributed by atoms with van der Waals surface area (Å²) in [7, 11) is 1.65. The summed E-state index contributed by atoms with van der Waals surface area (Å²) in [4.78, 5) is 25.4. The van der Waals surface area contributed by atoms with E-state index < -0.39 is 5.54 Å². The van der Waals surface area contributed by atoms with Crippen LogP contribution in [0, 0.1) is 5.92 Å². The SMILES string of the molecule is CCNC(=O)C1(NC(=O)[C@@H]2C[C@H]2c2cccc(OC)c2)CCCCC1. The topological polar surface area (TPSA) is 67.4 Å². The molecule has 2 atom stereocenters. The van der Waals surface area contributed by atoms with Crippen molar-refractivity contribution < 1.29 is 14.3 Å². The molecule has 0 heterocycles. The fourth-order valence-corrected chi connectivity index (χ4v) is 3.95. The highest BCUT2D eigenvalue weighted by Gasteiger charge is 2.48. The molecule has 0 bridgehead atoms. The summed E-state index contributed by atoms with van der Waals surface area (Å²) in [5.41, 5.74) is 0.419. The number of nitrogens with one attached hydrogen (secondary N) is 2. The van der Waals surface area contributed by atoms with Crippen LogP contribution in [0.3, 0.4) is 0 Å². The third-order valence-corrected chi connectivity index (χ3v) is 5.49. The minimum Gasteiger partial charge on any atom is -0.497 e. The lowest BCUT2D eigenvalue weighted by atomic mass is 9.80. The zero-order valence-corrected chi connectivity index (χ0v) is 15.1. The zero-order chi connectivity index (χ0) is 17.9. The van der Waals surface area contributed by atoms with Crippen molar-refractivity contribution in [3.05, 3.63) is 29.8 Å². The molecule has 0 spiro atoms. The second kappa shape index (κ2) is 7.46. The van der Waals surface area contributed by atoms with Crippen molar-refractivity contribution in [2.24, 2.45) is 5.92 Å². The summed E-state index contributed by atoms with van der Waals surface area (Å²) >= 11 is 0. The normalized spacial score (nSPS) is 24.2. The number of ether oxygens (including phenoxy) is 1. The molecule has 3 rings (SSSR count). The molecular formula is C20H28N2O3. The van der Waals surface area contributed by atoms with E-state index in [0.717, 1.165) is 49.8 Å². The Kier molecular flexibility index (Phi) is 5.30. The lowest BCUT2D eigenvalue weighted by molar-refractivity contribution is -0.135. The number of hydrogen-bond donors (Lipinski definition) is 2. The van der Waals surface area contributed by atoms with Crippen molar-refractivity contribution in [2.45, 2.75) is 56.9 Å². The van der Waals surface area contributed by atoms with Crippen molar-refractivity contribution in [2.75, 3.05) is 13.7 Å². The number of hydrogen-bond acceptors (Lipinski definition) is 3. The molecule has 5 nitrogen and oxygen atoms in total. The maximum absolute atomic E-state index is 12.8. The molecule has 2 amide bonds. The molecule has 1 aromatic rings. The average molecular weight is 344 g/mol. The number of benzene rings is 1. The molecule has 0 saturated heterocycles. The van der Waals surface area contributed by atoms with E-state index in [1.54, 1.807) is 7.11 Å². The van der Waals surface area contributed by atoms with E-state index in [0.29, 0.717) is 6.54 Å². The van der Waals surface area contributed by atoms with E-state index in [1.165, 1.54) is 0 Å². The number of carbonyl (C=O) groups is 2. The van der Waals surface area contributed by atoms with Crippen LogP contribution in [0.1, 0.15) is 56.9 Å². The van der Waals surface area contributed by atoms with Gasteiger partial charge in [0.1, 0.15) is 11.3 Å². The molecule has 2 fully saturated rings. The van der Waals surface area contributed by atoms with E-state index in [9.17, 15) is 9.59 Å². The smallest absolute Gasteiger partial charge is 0.245 e. The summed E-state index contributed by atoms with van der Waals surface area (Å²) in [6.45, 7) is 2.50. The van der Waals surface area contributed by atoms with Gasteiger partial charge in [-0.05, 0) is 49.8 Å². The van der Waals surface area contributed by atoms with Gasteiger partial charge in [-0.1, -0.05) is 31.4 Å². The first-order chi connectivity index (χ1) is 12.1. The van der Waals surface area contributed by atoms with Crippen LogP contribution in [0.25, 0.3) is 0 Å². The fourth-order valence-electron chi connectivity index (χ4n) is 3.95. The Morgan fingerprint density at radius 3 is 2.68 bits per heavy atom. The highest BCUT2D eigenvalue weighted by molar-refractivity contribution is 5.93. The van der Waals surface area contributed by atoms with Gasteiger partial charge in [0.15, 0.2) is 0 Å². The Morgan fingerprint density at radius 1 is 1.24 bits per heavy atom. The van der Waals surface area contributed by atoms with E-state index in [4.69, 9.17) is 4.74 Å².